The lowest BCUT2D eigenvalue weighted by Crippen LogP contribution is -2.35. The Labute approximate surface area is 156 Å². The molecule has 0 spiro atoms. The van der Waals surface area contributed by atoms with Gasteiger partial charge in [-0.15, -0.1) is 11.8 Å². The van der Waals surface area contributed by atoms with Gasteiger partial charge in [0.1, 0.15) is 5.75 Å². The number of likely N-dealkylation sites (N-methyl/N-ethyl adjacent to an activating group) is 1. The molecule has 0 radical (unpaired) electrons. The van der Waals surface area contributed by atoms with Crippen LogP contribution < -0.4 is 10.1 Å². The van der Waals surface area contributed by atoms with Crippen molar-refractivity contribution in [2.45, 2.75) is 11.8 Å². The van der Waals surface area contributed by atoms with Crippen molar-refractivity contribution in [1.29, 1.82) is 0 Å². The quantitative estimate of drug-likeness (QED) is 0.479. The number of rotatable bonds is 6. The van der Waals surface area contributed by atoms with Crippen molar-refractivity contribution in [2.75, 3.05) is 25.2 Å². The Kier molecular flexibility index (Phi) is 6.80. The molecule has 2 aromatic carbocycles. The smallest absolute Gasteiger partial charge is 0.308 e. The van der Waals surface area contributed by atoms with Crippen molar-refractivity contribution in [3.63, 3.8) is 0 Å². The first-order valence-electron chi connectivity index (χ1n) is 7.87. The van der Waals surface area contributed by atoms with Crippen LogP contribution in [0.3, 0.4) is 0 Å². The lowest BCUT2D eigenvalue weighted by atomic mass is 10.2. The molecule has 0 unspecified atom stereocenters. The summed E-state index contributed by atoms with van der Waals surface area (Å²) in [5.41, 5.74) is 1.12. The number of carbonyl (C=O) groups is 3. The van der Waals surface area contributed by atoms with E-state index in [0.717, 1.165) is 10.6 Å². The van der Waals surface area contributed by atoms with E-state index in [-0.39, 0.29) is 18.4 Å². The number of nitrogens with zero attached hydrogens (tertiary/aromatic N) is 1. The highest BCUT2D eigenvalue weighted by Gasteiger charge is 2.16. The third kappa shape index (κ3) is 5.35. The molecule has 0 fully saturated rings. The van der Waals surface area contributed by atoms with E-state index < -0.39 is 5.97 Å². The van der Waals surface area contributed by atoms with Gasteiger partial charge in [-0.2, -0.15) is 0 Å². The zero-order valence-electron chi connectivity index (χ0n) is 14.8. The molecule has 26 heavy (non-hydrogen) atoms. The summed E-state index contributed by atoms with van der Waals surface area (Å²) in [6.45, 7) is 1.23. The summed E-state index contributed by atoms with van der Waals surface area (Å²) < 4.78 is 4.93. The first kappa shape index (κ1) is 19.5. The Morgan fingerprint density at radius 1 is 1.08 bits per heavy atom. The number of esters is 1. The van der Waals surface area contributed by atoms with Crippen molar-refractivity contribution < 1.29 is 19.1 Å². The Morgan fingerprint density at radius 3 is 2.35 bits per heavy atom. The molecular weight excluding hydrogens is 352 g/mol. The van der Waals surface area contributed by atoms with Crippen molar-refractivity contribution in [3.05, 3.63) is 54.1 Å². The summed E-state index contributed by atoms with van der Waals surface area (Å²) in [6, 6.07) is 13.7. The van der Waals surface area contributed by atoms with E-state index in [1.54, 1.807) is 19.2 Å². The fraction of sp³-hybridized carbons (Fsp3) is 0.211. The molecular formula is C19H20N2O4S. The largest absolute Gasteiger partial charge is 0.427 e. The fourth-order valence-corrected chi connectivity index (χ4v) is 2.83. The van der Waals surface area contributed by atoms with Crippen LogP contribution in [0, 0.1) is 0 Å². The molecule has 2 aromatic rings. The van der Waals surface area contributed by atoms with Gasteiger partial charge in [-0.1, -0.05) is 12.1 Å². The number of anilines is 1. The monoisotopic (exact) mass is 372 g/mol. The van der Waals surface area contributed by atoms with Crippen molar-refractivity contribution in [1.82, 2.24) is 4.90 Å². The molecule has 0 aliphatic rings. The molecule has 2 rings (SSSR count). The van der Waals surface area contributed by atoms with Crippen LogP contribution in [0.1, 0.15) is 17.3 Å². The van der Waals surface area contributed by atoms with Gasteiger partial charge >= 0.3 is 5.97 Å². The predicted molar refractivity (Wildman–Crippen MR) is 102 cm³/mol. The highest BCUT2D eigenvalue weighted by Crippen LogP contribution is 2.24. The van der Waals surface area contributed by atoms with E-state index in [4.69, 9.17) is 4.74 Å². The summed E-state index contributed by atoms with van der Waals surface area (Å²) in [4.78, 5) is 37.9. The number of thioether (sulfide) groups is 1. The highest BCUT2D eigenvalue weighted by molar-refractivity contribution is 7.98. The van der Waals surface area contributed by atoms with Crippen molar-refractivity contribution in [3.8, 4) is 5.75 Å². The summed E-state index contributed by atoms with van der Waals surface area (Å²) in [6.07, 6.45) is 1.93. The zero-order chi connectivity index (χ0) is 19.1. The number of para-hydroxylation sites is 1. The molecule has 0 saturated carbocycles. The van der Waals surface area contributed by atoms with Gasteiger partial charge in [0, 0.05) is 24.4 Å². The lowest BCUT2D eigenvalue weighted by Gasteiger charge is -2.17. The van der Waals surface area contributed by atoms with Crippen LogP contribution in [0.4, 0.5) is 5.69 Å². The normalized spacial score (nSPS) is 10.1. The van der Waals surface area contributed by atoms with Gasteiger partial charge in [0.05, 0.1) is 12.2 Å². The Bertz CT molecular complexity index is 805. The number of ether oxygens (including phenoxy) is 1. The molecule has 0 bridgehead atoms. The minimum Gasteiger partial charge on any atom is -0.427 e. The van der Waals surface area contributed by atoms with E-state index in [2.05, 4.69) is 5.32 Å². The third-order valence-electron chi connectivity index (χ3n) is 3.47. The lowest BCUT2D eigenvalue weighted by molar-refractivity contribution is -0.131. The van der Waals surface area contributed by atoms with Gasteiger partial charge in [0.25, 0.3) is 5.91 Å². The Balaban J connectivity index is 1.97. The van der Waals surface area contributed by atoms with Crippen LogP contribution in [-0.4, -0.2) is 42.5 Å². The molecule has 6 nitrogen and oxygen atoms in total. The van der Waals surface area contributed by atoms with Crippen LogP contribution in [0.15, 0.2) is 53.4 Å². The second-order valence-corrected chi connectivity index (χ2v) is 6.38. The molecule has 1 N–H and O–H groups in total. The SMILES string of the molecule is CSc1ccccc1NC(=O)CN(C)C(=O)c1ccc(OC(C)=O)cc1. The number of nitrogens with one attached hydrogen (secondary N) is 1. The molecule has 2 amide bonds. The number of hydrogen-bond acceptors (Lipinski definition) is 5. The van der Waals surface area contributed by atoms with Gasteiger partial charge in [-0.25, -0.2) is 0 Å². The fourth-order valence-electron chi connectivity index (χ4n) is 2.28. The van der Waals surface area contributed by atoms with Gasteiger partial charge < -0.3 is 15.0 Å². The maximum absolute atomic E-state index is 12.4. The van der Waals surface area contributed by atoms with E-state index in [0.29, 0.717) is 11.3 Å². The van der Waals surface area contributed by atoms with Gasteiger partial charge in [0.2, 0.25) is 5.91 Å². The molecule has 0 heterocycles. The first-order valence-corrected chi connectivity index (χ1v) is 9.10. The summed E-state index contributed by atoms with van der Waals surface area (Å²) in [5, 5.41) is 2.82. The van der Waals surface area contributed by atoms with Gasteiger partial charge in [-0.05, 0) is 42.7 Å². The van der Waals surface area contributed by atoms with E-state index in [1.165, 1.54) is 35.7 Å². The van der Waals surface area contributed by atoms with Crippen molar-refractivity contribution in [2.24, 2.45) is 0 Å². The molecule has 0 aliphatic heterocycles. The Morgan fingerprint density at radius 2 is 1.73 bits per heavy atom. The van der Waals surface area contributed by atoms with Gasteiger partial charge in [-0.3, -0.25) is 14.4 Å². The van der Waals surface area contributed by atoms with Crippen LogP contribution in [0.2, 0.25) is 0 Å². The second-order valence-electron chi connectivity index (χ2n) is 5.53. The van der Waals surface area contributed by atoms with E-state index >= 15 is 0 Å². The maximum Gasteiger partial charge on any atom is 0.308 e. The molecule has 0 aromatic heterocycles. The number of benzene rings is 2. The number of hydrogen-bond donors (Lipinski definition) is 1. The topological polar surface area (TPSA) is 75.7 Å². The molecule has 0 aliphatic carbocycles. The van der Waals surface area contributed by atoms with E-state index in [1.807, 2.05) is 30.5 Å². The maximum atomic E-state index is 12.4. The number of carbonyl (C=O) groups excluding carboxylic acids is 3. The summed E-state index contributed by atoms with van der Waals surface area (Å²) in [5.74, 6) is -0.641. The van der Waals surface area contributed by atoms with Crippen LogP contribution in [-0.2, 0) is 9.59 Å². The van der Waals surface area contributed by atoms with Crippen LogP contribution >= 0.6 is 11.8 Å². The average Bonchev–Trinajstić information content (AvgIpc) is 2.61. The minimum atomic E-state index is -0.427. The molecule has 0 atom stereocenters. The minimum absolute atomic E-state index is 0.0761. The highest BCUT2D eigenvalue weighted by atomic mass is 32.2. The Hall–Kier alpha value is -2.80. The summed E-state index contributed by atoms with van der Waals surface area (Å²) >= 11 is 1.53. The van der Waals surface area contributed by atoms with E-state index in [9.17, 15) is 14.4 Å². The number of amides is 2. The molecule has 136 valence electrons. The molecule has 7 heteroatoms. The second kappa shape index (κ2) is 9.05. The van der Waals surface area contributed by atoms with Gasteiger partial charge in [0.15, 0.2) is 0 Å². The van der Waals surface area contributed by atoms with Crippen LogP contribution in [0.25, 0.3) is 0 Å². The molecule has 0 saturated heterocycles. The standard InChI is InChI=1S/C19H20N2O4S/c1-13(22)25-15-10-8-14(9-11-15)19(24)21(2)12-18(23)20-16-6-4-5-7-17(16)26-3/h4-11H,12H2,1-3H3,(H,20,23). The zero-order valence-corrected chi connectivity index (χ0v) is 15.6. The van der Waals surface area contributed by atoms with Crippen LogP contribution in [0.5, 0.6) is 5.75 Å². The summed E-state index contributed by atoms with van der Waals surface area (Å²) in [7, 11) is 1.56. The average molecular weight is 372 g/mol. The van der Waals surface area contributed by atoms with Crippen molar-refractivity contribution >= 4 is 35.2 Å². The first-order chi connectivity index (χ1) is 12.4. The predicted octanol–water partition coefficient (Wildman–Crippen LogP) is 3.04. The third-order valence-corrected chi connectivity index (χ3v) is 4.27.